The predicted octanol–water partition coefficient (Wildman–Crippen LogP) is 2.80. The quantitative estimate of drug-likeness (QED) is 0.801. The number of hydrogen-bond donors (Lipinski definition) is 1. The van der Waals surface area contributed by atoms with Gasteiger partial charge in [0.2, 0.25) is 0 Å². The van der Waals surface area contributed by atoms with E-state index in [1.165, 1.54) is 15.6 Å². The van der Waals surface area contributed by atoms with Crippen LogP contribution in [0.3, 0.4) is 0 Å². The molecule has 0 amide bonds. The highest BCUT2D eigenvalue weighted by molar-refractivity contribution is 5.42. The lowest BCUT2D eigenvalue weighted by molar-refractivity contribution is 0.838. The van der Waals surface area contributed by atoms with Crippen molar-refractivity contribution in [3.8, 4) is 0 Å². The smallest absolute Gasteiger partial charge is 0.276 e. The molecular weight excluding hydrogens is 262 g/mol. The Morgan fingerprint density at radius 1 is 1.33 bits per heavy atom. The Labute approximate surface area is 122 Å². The Hall–Kier alpha value is -2.36. The van der Waals surface area contributed by atoms with Gasteiger partial charge in [-0.25, -0.2) is 9.50 Å². The molecule has 3 aromatic rings. The zero-order valence-electron chi connectivity index (χ0n) is 12.0. The van der Waals surface area contributed by atoms with Crippen LogP contribution in [-0.4, -0.2) is 14.6 Å². The van der Waals surface area contributed by atoms with Gasteiger partial charge in [0.25, 0.3) is 5.56 Å². The summed E-state index contributed by atoms with van der Waals surface area (Å²) in [6, 6.07) is 10.2. The van der Waals surface area contributed by atoms with Crippen molar-refractivity contribution >= 4 is 5.65 Å². The minimum Gasteiger partial charge on any atom is -0.297 e. The fourth-order valence-corrected chi connectivity index (χ4v) is 2.90. The molecular formula is C17H17N3O. The van der Waals surface area contributed by atoms with Gasteiger partial charge in [0.05, 0.1) is 5.69 Å². The summed E-state index contributed by atoms with van der Waals surface area (Å²) >= 11 is 0. The van der Waals surface area contributed by atoms with Crippen molar-refractivity contribution in [2.24, 2.45) is 0 Å². The molecule has 1 N–H and O–H groups in total. The van der Waals surface area contributed by atoms with Crippen LogP contribution >= 0.6 is 0 Å². The van der Waals surface area contributed by atoms with Gasteiger partial charge >= 0.3 is 0 Å². The normalized spacial score (nSPS) is 14.7. The van der Waals surface area contributed by atoms with Crippen LogP contribution < -0.4 is 5.56 Å². The number of nitrogens with one attached hydrogen (secondary N) is 1. The van der Waals surface area contributed by atoms with Crippen LogP contribution in [0.15, 0.2) is 41.3 Å². The van der Waals surface area contributed by atoms with Crippen molar-refractivity contribution in [2.45, 2.75) is 32.1 Å². The molecule has 106 valence electrons. The van der Waals surface area contributed by atoms with Crippen LogP contribution in [0.5, 0.6) is 0 Å². The average molecular weight is 279 g/mol. The van der Waals surface area contributed by atoms with E-state index in [1.807, 2.05) is 12.1 Å². The van der Waals surface area contributed by atoms with Crippen molar-refractivity contribution in [3.05, 3.63) is 69.3 Å². The molecule has 1 fully saturated rings. The number of H-pyrrole nitrogens is 1. The zero-order chi connectivity index (χ0) is 14.4. The van der Waals surface area contributed by atoms with E-state index in [-0.39, 0.29) is 5.56 Å². The Balaban J connectivity index is 1.88. The average Bonchev–Trinajstić information content (AvgIpc) is 3.20. The predicted molar refractivity (Wildman–Crippen MR) is 81.8 cm³/mol. The Morgan fingerprint density at radius 3 is 2.95 bits per heavy atom. The van der Waals surface area contributed by atoms with Crippen LogP contribution in [-0.2, 0) is 6.42 Å². The second kappa shape index (κ2) is 4.58. The molecule has 0 atom stereocenters. The molecule has 4 heteroatoms. The first-order chi connectivity index (χ1) is 10.2. The molecule has 0 bridgehead atoms. The number of benzene rings is 1. The van der Waals surface area contributed by atoms with Crippen LogP contribution in [0.2, 0.25) is 0 Å². The van der Waals surface area contributed by atoms with E-state index in [0.717, 1.165) is 29.7 Å². The zero-order valence-corrected chi connectivity index (χ0v) is 12.0. The molecule has 2 aromatic heterocycles. The molecule has 2 heterocycles. The van der Waals surface area contributed by atoms with Crippen molar-refractivity contribution in [1.29, 1.82) is 0 Å². The van der Waals surface area contributed by atoms with E-state index >= 15 is 0 Å². The number of aryl methyl sites for hydroxylation is 1. The molecule has 0 unspecified atom stereocenters. The second-order valence-electron chi connectivity index (χ2n) is 5.88. The van der Waals surface area contributed by atoms with Crippen LogP contribution in [0.4, 0.5) is 0 Å². The standard InChI is InChI=1S/C17H17N3O/c1-11-3-2-4-12(9-11)10-14-16(13-5-6-13)19-15-7-8-18-20(15)17(14)21/h2-4,7-9,13,18H,5-6,10H2,1H3. The third kappa shape index (κ3) is 2.17. The van der Waals surface area contributed by atoms with E-state index in [1.54, 1.807) is 6.20 Å². The number of fused-ring (bicyclic) bond motifs is 1. The summed E-state index contributed by atoms with van der Waals surface area (Å²) in [7, 11) is 0. The molecule has 1 saturated carbocycles. The van der Waals surface area contributed by atoms with E-state index in [2.05, 4.69) is 30.2 Å². The van der Waals surface area contributed by atoms with Gasteiger partial charge in [-0.1, -0.05) is 29.8 Å². The number of nitrogens with zero attached hydrogens (tertiary/aromatic N) is 2. The highest BCUT2D eigenvalue weighted by Crippen LogP contribution is 2.40. The van der Waals surface area contributed by atoms with Gasteiger partial charge in [0, 0.05) is 30.2 Å². The summed E-state index contributed by atoms with van der Waals surface area (Å²) in [4.78, 5) is 17.4. The van der Waals surface area contributed by atoms with Crippen molar-refractivity contribution in [1.82, 2.24) is 14.6 Å². The maximum absolute atomic E-state index is 12.7. The summed E-state index contributed by atoms with van der Waals surface area (Å²) in [5.74, 6) is 0.470. The SMILES string of the molecule is Cc1cccc(Cc2c(C3CC3)nc3cc[nH]n3c2=O)c1. The molecule has 0 saturated heterocycles. The first-order valence-corrected chi connectivity index (χ1v) is 7.37. The molecule has 1 aliphatic carbocycles. The van der Waals surface area contributed by atoms with Gasteiger partial charge in [-0.15, -0.1) is 0 Å². The summed E-state index contributed by atoms with van der Waals surface area (Å²) in [5, 5.41) is 2.95. The van der Waals surface area contributed by atoms with Crippen LogP contribution in [0.25, 0.3) is 5.65 Å². The summed E-state index contributed by atoms with van der Waals surface area (Å²) in [6.45, 7) is 2.07. The van der Waals surface area contributed by atoms with Crippen molar-refractivity contribution in [3.63, 3.8) is 0 Å². The molecule has 1 aliphatic rings. The van der Waals surface area contributed by atoms with Crippen LogP contribution in [0, 0.1) is 6.92 Å². The first-order valence-electron chi connectivity index (χ1n) is 7.37. The van der Waals surface area contributed by atoms with Gasteiger partial charge in [-0.05, 0) is 25.3 Å². The molecule has 1 aromatic carbocycles. The van der Waals surface area contributed by atoms with Crippen molar-refractivity contribution in [2.75, 3.05) is 0 Å². The maximum Gasteiger partial charge on any atom is 0.276 e. The molecule has 21 heavy (non-hydrogen) atoms. The second-order valence-corrected chi connectivity index (χ2v) is 5.88. The lowest BCUT2D eigenvalue weighted by Crippen LogP contribution is -2.22. The van der Waals surface area contributed by atoms with Crippen LogP contribution in [0.1, 0.15) is 41.1 Å². The monoisotopic (exact) mass is 279 g/mol. The molecule has 4 rings (SSSR count). The minimum absolute atomic E-state index is 0.0356. The number of aromatic amines is 1. The van der Waals surface area contributed by atoms with Gasteiger partial charge in [0.1, 0.15) is 0 Å². The van der Waals surface area contributed by atoms with E-state index in [4.69, 9.17) is 4.98 Å². The third-order valence-electron chi connectivity index (χ3n) is 4.10. The lowest BCUT2D eigenvalue weighted by atomic mass is 10.0. The molecule has 0 radical (unpaired) electrons. The molecule has 0 aliphatic heterocycles. The fourth-order valence-electron chi connectivity index (χ4n) is 2.90. The number of rotatable bonds is 3. The van der Waals surface area contributed by atoms with E-state index in [9.17, 15) is 4.79 Å². The number of hydrogen-bond acceptors (Lipinski definition) is 2. The summed E-state index contributed by atoms with van der Waals surface area (Å²) < 4.78 is 1.54. The largest absolute Gasteiger partial charge is 0.297 e. The first kappa shape index (κ1) is 12.4. The highest BCUT2D eigenvalue weighted by Gasteiger charge is 2.29. The number of aromatic nitrogens is 3. The summed E-state index contributed by atoms with van der Waals surface area (Å²) in [5.41, 5.74) is 4.98. The van der Waals surface area contributed by atoms with Gasteiger partial charge < -0.3 is 0 Å². The molecule has 0 spiro atoms. The lowest BCUT2D eigenvalue weighted by Gasteiger charge is -2.09. The Morgan fingerprint density at radius 2 is 2.19 bits per heavy atom. The van der Waals surface area contributed by atoms with Gasteiger partial charge in [-0.3, -0.25) is 9.89 Å². The summed E-state index contributed by atoms with van der Waals surface area (Å²) in [6.07, 6.45) is 4.71. The minimum atomic E-state index is 0.0356. The third-order valence-corrected chi connectivity index (χ3v) is 4.10. The Kier molecular flexibility index (Phi) is 2.70. The van der Waals surface area contributed by atoms with Gasteiger partial charge in [0.15, 0.2) is 5.65 Å². The van der Waals surface area contributed by atoms with E-state index < -0.39 is 0 Å². The molecule has 4 nitrogen and oxygen atoms in total. The fraction of sp³-hybridized carbons (Fsp3) is 0.294. The van der Waals surface area contributed by atoms with Gasteiger partial charge in [-0.2, -0.15) is 0 Å². The van der Waals surface area contributed by atoms with Crippen molar-refractivity contribution < 1.29 is 0 Å². The maximum atomic E-state index is 12.7. The highest BCUT2D eigenvalue weighted by atomic mass is 16.1. The Bertz CT molecular complexity index is 871. The van der Waals surface area contributed by atoms with E-state index in [0.29, 0.717) is 12.3 Å². The topological polar surface area (TPSA) is 50.2 Å².